The van der Waals surface area contributed by atoms with Crippen LogP contribution in [0.4, 0.5) is 14.6 Å². The Morgan fingerprint density at radius 3 is 2.62 bits per heavy atom. The third kappa shape index (κ3) is 2.93. The molecule has 1 aliphatic rings. The van der Waals surface area contributed by atoms with Crippen LogP contribution in [0.3, 0.4) is 0 Å². The molecule has 0 aromatic carbocycles. The first-order valence-electron chi connectivity index (χ1n) is 7.38. The van der Waals surface area contributed by atoms with Crippen LogP contribution in [0.5, 0.6) is 11.9 Å². The fraction of sp³-hybridized carbons (Fsp3) is 0.467. The van der Waals surface area contributed by atoms with E-state index in [1.165, 1.54) is 20.4 Å². The zero-order valence-corrected chi connectivity index (χ0v) is 13.5. The predicted octanol–water partition coefficient (Wildman–Crippen LogP) is 2.36. The lowest BCUT2D eigenvalue weighted by Crippen LogP contribution is -2.05. The first-order valence-corrected chi connectivity index (χ1v) is 7.38. The zero-order chi connectivity index (χ0) is 17.3. The molecule has 1 fully saturated rings. The summed E-state index contributed by atoms with van der Waals surface area (Å²) in [6.45, 7) is 0. The van der Waals surface area contributed by atoms with Gasteiger partial charge in [0.05, 0.1) is 19.8 Å². The van der Waals surface area contributed by atoms with Gasteiger partial charge in [0.1, 0.15) is 5.69 Å². The molecule has 2 aromatic rings. The zero-order valence-electron chi connectivity index (χ0n) is 13.5. The van der Waals surface area contributed by atoms with Crippen molar-refractivity contribution in [3.63, 3.8) is 0 Å². The highest BCUT2D eigenvalue weighted by molar-refractivity contribution is 5.66. The summed E-state index contributed by atoms with van der Waals surface area (Å²) in [6, 6.07) is 1.90. The van der Waals surface area contributed by atoms with Crippen LogP contribution in [0, 0.1) is 5.92 Å². The van der Waals surface area contributed by atoms with Crippen molar-refractivity contribution in [1.82, 2.24) is 20.2 Å². The van der Waals surface area contributed by atoms with E-state index in [0.717, 1.165) is 0 Å². The van der Waals surface area contributed by atoms with E-state index in [0.29, 0.717) is 29.1 Å². The first-order chi connectivity index (χ1) is 11.6. The molecule has 0 spiro atoms. The number of hydrogen-bond donors (Lipinski definition) is 1. The lowest BCUT2D eigenvalue weighted by molar-refractivity contribution is 0.120. The number of anilines is 1. The third-order valence-corrected chi connectivity index (χ3v) is 4.01. The van der Waals surface area contributed by atoms with Crippen LogP contribution < -0.4 is 14.8 Å². The van der Waals surface area contributed by atoms with Gasteiger partial charge in [-0.3, -0.25) is 0 Å². The van der Waals surface area contributed by atoms with Crippen LogP contribution in [0.15, 0.2) is 12.3 Å². The van der Waals surface area contributed by atoms with Crippen molar-refractivity contribution in [2.24, 2.45) is 5.92 Å². The van der Waals surface area contributed by atoms with Gasteiger partial charge in [-0.05, 0) is 18.4 Å². The minimum absolute atomic E-state index is 0.163. The maximum Gasteiger partial charge on any atom is 0.319 e. The number of hydrogen-bond acceptors (Lipinski definition) is 7. The van der Waals surface area contributed by atoms with Gasteiger partial charge in [0.15, 0.2) is 5.82 Å². The highest BCUT2D eigenvalue weighted by atomic mass is 19.3. The summed E-state index contributed by atoms with van der Waals surface area (Å²) in [4.78, 5) is 8.14. The normalized spacial score (nSPS) is 19.2. The Bertz CT molecular complexity index is 744. The van der Waals surface area contributed by atoms with E-state index in [1.807, 2.05) is 0 Å². The van der Waals surface area contributed by atoms with Crippen molar-refractivity contribution >= 4 is 5.82 Å². The van der Waals surface area contributed by atoms with Crippen molar-refractivity contribution in [2.45, 2.75) is 18.8 Å². The molecule has 0 radical (unpaired) electrons. The Labute approximate surface area is 137 Å². The number of nitrogens with one attached hydrogen (secondary N) is 1. The molecule has 0 amide bonds. The highest BCUT2D eigenvalue weighted by Gasteiger charge is 2.46. The van der Waals surface area contributed by atoms with Crippen LogP contribution >= 0.6 is 0 Å². The van der Waals surface area contributed by atoms with E-state index in [-0.39, 0.29) is 17.8 Å². The molecule has 0 aliphatic heterocycles. The second-order valence-corrected chi connectivity index (χ2v) is 5.40. The first kappa shape index (κ1) is 16.3. The van der Waals surface area contributed by atoms with Gasteiger partial charge < -0.3 is 14.8 Å². The highest BCUT2D eigenvalue weighted by Crippen LogP contribution is 2.52. The van der Waals surface area contributed by atoms with E-state index in [2.05, 4.69) is 25.5 Å². The second-order valence-electron chi connectivity index (χ2n) is 5.40. The average molecular weight is 337 g/mol. The molecule has 9 heteroatoms. The Kier molecular flexibility index (Phi) is 4.41. The smallest absolute Gasteiger partial charge is 0.319 e. The molecule has 2 aromatic heterocycles. The molecule has 1 N–H and O–H groups in total. The number of alkyl halides is 2. The van der Waals surface area contributed by atoms with Crippen molar-refractivity contribution in [3.05, 3.63) is 17.8 Å². The number of methoxy groups -OCH3 is 2. The summed E-state index contributed by atoms with van der Waals surface area (Å²) in [6.07, 6.45) is -0.391. The topological polar surface area (TPSA) is 82.1 Å². The number of ether oxygens (including phenoxy) is 2. The van der Waals surface area contributed by atoms with Crippen molar-refractivity contribution in [3.8, 4) is 23.1 Å². The molecule has 2 heterocycles. The summed E-state index contributed by atoms with van der Waals surface area (Å²) in [5.41, 5.74) is 1.69. The van der Waals surface area contributed by atoms with Crippen LogP contribution in [0.25, 0.3) is 11.3 Å². The minimum atomic E-state index is -2.34. The van der Waals surface area contributed by atoms with E-state index in [1.54, 1.807) is 13.1 Å². The predicted molar refractivity (Wildman–Crippen MR) is 82.6 cm³/mol. The van der Waals surface area contributed by atoms with Crippen molar-refractivity contribution < 1.29 is 18.3 Å². The Hall–Kier alpha value is -2.58. The summed E-state index contributed by atoms with van der Waals surface area (Å²) < 4.78 is 36.0. The fourth-order valence-corrected chi connectivity index (χ4v) is 2.65. The van der Waals surface area contributed by atoms with E-state index < -0.39 is 12.3 Å². The van der Waals surface area contributed by atoms with Crippen molar-refractivity contribution in [2.75, 3.05) is 26.6 Å². The third-order valence-electron chi connectivity index (χ3n) is 4.01. The molecule has 1 aliphatic carbocycles. The summed E-state index contributed by atoms with van der Waals surface area (Å²) in [7, 11) is 4.60. The maximum absolute atomic E-state index is 12.9. The molecule has 3 rings (SSSR count). The van der Waals surface area contributed by atoms with Gasteiger partial charge in [0, 0.05) is 24.7 Å². The lowest BCUT2D eigenvalue weighted by atomic mass is 10.1. The number of aromatic nitrogens is 4. The molecule has 7 nitrogen and oxygen atoms in total. The molecule has 0 bridgehead atoms. The number of nitrogens with zero attached hydrogens (tertiary/aromatic N) is 4. The maximum atomic E-state index is 12.9. The monoisotopic (exact) mass is 337 g/mol. The van der Waals surface area contributed by atoms with Crippen LogP contribution in [0.1, 0.15) is 17.9 Å². The fourth-order valence-electron chi connectivity index (χ4n) is 2.65. The van der Waals surface area contributed by atoms with Gasteiger partial charge >= 0.3 is 6.01 Å². The van der Waals surface area contributed by atoms with E-state index in [9.17, 15) is 8.78 Å². The minimum Gasteiger partial charge on any atom is -0.480 e. The molecular weight excluding hydrogens is 320 g/mol. The van der Waals surface area contributed by atoms with Gasteiger partial charge in [0.2, 0.25) is 12.3 Å². The Balaban J connectivity index is 2.01. The molecular formula is C15H17F2N5O2. The second kappa shape index (κ2) is 6.50. The Morgan fingerprint density at radius 2 is 2.04 bits per heavy atom. The average Bonchev–Trinajstić information content (AvgIpc) is 3.41. The van der Waals surface area contributed by atoms with E-state index >= 15 is 0 Å². The van der Waals surface area contributed by atoms with Gasteiger partial charge in [-0.25, -0.2) is 13.8 Å². The van der Waals surface area contributed by atoms with Gasteiger partial charge in [0.25, 0.3) is 0 Å². The quantitative estimate of drug-likeness (QED) is 0.866. The van der Waals surface area contributed by atoms with Gasteiger partial charge in [-0.2, -0.15) is 4.98 Å². The number of rotatable bonds is 6. The largest absolute Gasteiger partial charge is 0.480 e. The molecule has 2 atom stereocenters. The number of halogens is 2. The molecule has 24 heavy (non-hydrogen) atoms. The van der Waals surface area contributed by atoms with E-state index in [4.69, 9.17) is 9.47 Å². The van der Waals surface area contributed by atoms with Crippen LogP contribution in [-0.2, 0) is 0 Å². The Morgan fingerprint density at radius 1 is 1.25 bits per heavy atom. The van der Waals surface area contributed by atoms with Gasteiger partial charge in [-0.1, -0.05) is 0 Å². The molecule has 0 unspecified atom stereocenters. The van der Waals surface area contributed by atoms with Crippen LogP contribution in [0.2, 0.25) is 0 Å². The standard InChI is InChI=1S/C15H17F2N5O2/c1-18-13-9(7-4-8(7)12(16)17)5-11(21-22-13)10-6-19-15(24-3)20-14(10)23-2/h5-8,12H,4H2,1-3H3,(H,18,22)/t7-,8-/m0/s1. The summed E-state index contributed by atoms with van der Waals surface area (Å²) in [5, 5.41) is 11.1. The molecule has 0 saturated heterocycles. The van der Waals surface area contributed by atoms with Gasteiger partial charge in [-0.15, -0.1) is 10.2 Å². The lowest BCUT2D eigenvalue weighted by Gasteiger charge is -2.11. The SMILES string of the molecule is CNc1nnc(-c2cnc(OC)nc2OC)cc1[C@H]1C[C@@H]1C(F)F. The van der Waals surface area contributed by atoms with Crippen molar-refractivity contribution in [1.29, 1.82) is 0 Å². The van der Waals surface area contributed by atoms with Crippen LogP contribution in [-0.4, -0.2) is 47.9 Å². The molecule has 128 valence electrons. The summed E-state index contributed by atoms with van der Waals surface area (Å²) in [5.74, 6) is -0.0872. The summed E-state index contributed by atoms with van der Waals surface area (Å²) >= 11 is 0. The molecule has 1 saturated carbocycles.